The Kier molecular flexibility index (Phi) is 12.6. The molecule has 0 saturated heterocycles. The quantitative estimate of drug-likeness (QED) is 0.0709. The van der Waals surface area contributed by atoms with Crippen LogP contribution < -0.4 is 9.80 Å². The number of carboxylic acid groups (broad SMARTS) is 4. The van der Waals surface area contributed by atoms with Crippen molar-refractivity contribution in [2.75, 3.05) is 9.80 Å². The van der Waals surface area contributed by atoms with Gasteiger partial charge in [0.05, 0.1) is 0 Å². The van der Waals surface area contributed by atoms with E-state index in [1.54, 1.807) is 9.80 Å². The molecule has 0 aromatic heterocycles. The Labute approximate surface area is 349 Å². The van der Waals surface area contributed by atoms with Gasteiger partial charge in [0.2, 0.25) is 0 Å². The van der Waals surface area contributed by atoms with Crippen LogP contribution in [0, 0.1) is 0 Å². The Hall–Kier alpha value is -6.46. The number of hydrogen-bond acceptors (Lipinski definition) is 12. The first-order valence-electron chi connectivity index (χ1n) is 16.8. The maximum absolute atomic E-state index is 13.1. The molecule has 0 fully saturated rings. The number of carbonyl (C=O) groups is 4. The molecule has 0 aliphatic heterocycles. The van der Waals surface area contributed by atoms with Gasteiger partial charge in [-0.2, -0.15) is 0 Å². The molecule has 0 aliphatic rings. The number of nitrogens with zero attached hydrogens (tertiary/aromatic N) is 2. The molecule has 19 heteroatoms. The Morgan fingerprint density at radius 3 is 0.729 bits per heavy atom. The number of hydrogen-bond donors (Lipinski definition) is 4. The zero-order valence-electron chi connectivity index (χ0n) is 29.9. The SMILES string of the molecule is O=C(O)c1ccc(N(c2ccc(C(=O)O)cc2)c2ccc(S(=O)(=O)[O][Pb][O]S(=O)(=O)c3ccc(N(c4ccc(C(=O)O)cc4)c4ccc(C(=O)O)cc4)cc3)cc2)cc1. The van der Waals surface area contributed by atoms with Crippen LogP contribution in [0.1, 0.15) is 41.4 Å². The number of benzene rings is 6. The fourth-order valence-electron chi connectivity index (χ4n) is 5.63. The summed E-state index contributed by atoms with van der Waals surface area (Å²) in [5, 5.41) is 37.3. The molecule has 0 unspecified atom stereocenters. The zero-order chi connectivity index (χ0) is 42.5. The molecule has 0 heterocycles. The monoisotopic (exact) mass is 1030 g/mol. The average Bonchev–Trinajstić information content (AvgIpc) is 3.22. The second kappa shape index (κ2) is 17.6. The number of carboxylic acids is 4. The van der Waals surface area contributed by atoms with Gasteiger partial charge in [-0.3, -0.25) is 0 Å². The first-order valence-corrected chi connectivity index (χ1v) is 22.8. The van der Waals surface area contributed by atoms with Crippen LogP contribution in [-0.2, 0) is 24.5 Å². The van der Waals surface area contributed by atoms with Crippen molar-refractivity contribution in [3.63, 3.8) is 0 Å². The van der Waals surface area contributed by atoms with Crippen LogP contribution in [0.2, 0.25) is 0 Å². The van der Waals surface area contributed by atoms with Gasteiger partial charge in [0, 0.05) is 0 Å². The van der Waals surface area contributed by atoms with E-state index in [0.29, 0.717) is 34.1 Å². The molecular weight excluding hydrogens is 1000 g/mol. The summed E-state index contributed by atoms with van der Waals surface area (Å²) < 4.78 is 62.7. The van der Waals surface area contributed by atoms with Crippen molar-refractivity contribution in [1.29, 1.82) is 0 Å². The van der Waals surface area contributed by atoms with Gasteiger partial charge < -0.3 is 20.4 Å². The van der Waals surface area contributed by atoms with Crippen molar-refractivity contribution < 1.29 is 60.7 Å². The van der Waals surface area contributed by atoms with Crippen molar-refractivity contribution >= 4 is 103 Å². The summed E-state index contributed by atoms with van der Waals surface area (Å²) in [5.41, 5.74) is 2.82. The van der Waals surface area contributed by atoms with E-state index in [1.807, 2.05) is 0 Å². The van der Waals surface area contributed by atoms with Crippen LogP contribution in [0.25, 0.3) is 0 Å². The summed E-state index contributed by atoms with van der Waals surface area (Å²) in [7, 11) is -8.99. The Bertz CT molecular complexity index is 2440. The standard InChI is InChI=1S/2C20H15NO7S.Pb/c2*22-19(23)13-1-5-15(6-2-13)21(16-7-3-14(4-8-16)20(24)25)17-9-11-18(12-10-17)29(26,27)28;/h2*1-12H,(H,22,23)(H,24,25)(H,26,27,28);/q;;+2/p-2. The molecule has 0 bridgehead atoms. The second-order valence-corrected chi connectivity index (χ2v) is 19.9. The third-order valence-electron chi connectivity index (χ3n) is 8.54. The molecule has 0 spiro atoms. The van der Waals surface area contributed by atoms with Crippen LogP contribution in [0.15, 0.2) is 155 Å². The van der Waals surface area contributed by atoms with E-state index in [-0.39, 0.29) is 32.0 Å². The summed E-state index contributed by atoms with van der Waals surface area (Å²) in [6.07, 6.45) is 0. The molecular formula is C40H28N2O14PbS2. The van der Waals surface area contributed by atoms with Gasteiger partial charge >= 0.3 is 312 Å². The molecule has 6 aromatic carbocycles. The molecule has 6 aromatic rings. The third kappa shape index (κ3) is 9.81. The summed E-state index contributed by atoms with van der Waals surface area (Å²) in [6.45, 7) is 0. The molecule has 6 rings (SSSR count). The van der Waals surface area contributed by atoms with Crippen LogP contribution in [0.4, 0.5) is 34.1 Å². The van der Waals surface area contributed by atoms with Gasteiger partial charge in [0.25, 0.3) is 0 Å². The topological polar surface area (TPSA) is 242 Å². The van der Waals surface area contributed by atoms with Gasteiger partial charge in [0.15, 0.2) is 0 Å². The summed E-state index contributed by atoms with van der Waals surface area (Å²) in [6, 6.07) is 33.9. The first-order chi connectivity index (χ1) is 28.0. The van der Waals surface area contributed by atoms with Crippen LogP contribution in [0.5, 0.6) is 0 Å². The Balaban J connectivity index is 1.18. The molecule has 0 atom stereocenters. The zero-order valence-corrected chi connectivity index (χ0v) is 35.5. The van der Waals surface area contributed by atoms with E-state index in [9.17, 15) is 56.4 Å². The maximum atomic E-state index is 13.1. The molecule has 0 saturated carbocycles. The summed E-state index contributed by atoms with van der Waals surface area (Å²) >= 11 is -3.34. The third-order valence-corrected chi connectivity index (χ3v) is 17.5. The first kappa shape index (κ1) is 42.2. The van der Waals surface area contributed by atoms with Crippen molar-refractivity contribution in [1.82, 2.24) is 0 Å². The minimum atomic E-state index is -4.50. The van der Waals surface area contributed by atoms with Crippen molar-refractivity contribution in [2.45, 2.75) is 9.79 Å². The minimum absolute atomic E-state index is 0.0244. The van der Waals surface area contributed by atoms with Gasteiger partial charge in [-0.15, -0.1) is 0 Å². The van der Waals surface area contributed by atoms with E-state index in [2.05, 4.69) is 0 Å². The van der Waals surface area contributed by atoms with E-state index in [0.717, 1.165) is 0 Å². The molecule has 298 valence electrons. The Morgan fingerprint density at radius 2 is 0.542 bits per heavy atom. The fourth-order valence-corrected chi connectivity index (χ4v) is 12.4. The fraction of sp³-hybridized carbons (Fsp3) is 0. The van der Waals surface area contributed by atoms with E-state index >= 15 is 0 Å². The number of aromatic carboxylic acids is 4. The van der Waals surface area contributed by atoms with Gasteiger partial charge in [-0.25, -0.2) is 19.2 Å². The van der Waals surface area contributed by atoms with E-state index in [1.165, 1.54) is 146 Å². The number of rotatable bonds is 16. The van der Waals surface area contributed by atoms with Crippen molar-refractivity contribution in [3.8, 4) is 0 Å². The van der Waals surface area contributed by atoms with Crippen LogP contribution in [0.3, 0.4) is 0 Å². The van der Waals surface area contributed by atoms with Crippen LogP contribution >= 0.6 is 0 Å². The van der Waals surface area contributed by atoms with Gasteiger partial charge in [-0.1, -0.05) is 0 Å². The average molecular weight is 1030 g/mol. The normalized spacial score (nSPS) is 11.4. The van der Waals surface area contributed by atoms with Crippen molar-refractivity contribution in [2.24, 2.45) is 0 Å². The second-order valence-electron chi connectivity index (χ2n) is 12.2. The predicted molar refractivity (Wildman–Crippen MR) is 212 cm³/mol. The predicted octanol–water partition coefficient (Wildman–Crippen LogP) is 7.06. The molecule has 2 radical (unpaired) electrons. The summed E-state index contributed by atoms with van der Waals surface area (Å²) in [5.74, 6) is -4.56. The molecule has 0 aliphatic carbocycles. The Morgan fingerprint density at radius 1 is 0.356 bits per heavy atom. The van der Waals surface area contributed by atoms with Crippen LogP contribution in [-0.4, -0.2) is 86.3 Å². The molecule has 4 N–H and O–H groups in total. The molecule has 0 amide bonds. The van der Waals surface area contributed by atoms with Gasteiger partial charge in [-0.05, 0) is 0 Å². The van der Waals surface area contributed by atoms with E-state index < -0.39 is 69.3 Å². The molecule has 59 heavy (non-hydrogen) atoms. The summed E-state index contributed by atoms with van der Waals surface area (Å²) in [4.78, 5) is 48.3. The molecule has 16 nitrogen and oxygen atoms in total. The van der Waals surface area contributed by atoms with E-state index in [4.69, 9.17) is 4.27 Å². The van der Waals surface area contributed by atoms with Gasteiger partial charge in [0.1, 0.15) is 0 Å². The number of anilines is 6. The van der Waals surface area contributed by atoms with Crippen molar-refractivity contribution in [3.05, 3.63) is 168 Å².